The average Bonchev–Trinajstić information content (AvgIpc) is 2.67. The molecule has 6 heteroatoms. The van der Waals surface area contributed by atoms with Gasteiger partial charge in [-0.2, -0.15) is 9.78 Å². The van der Waals surface area contributed by atoms with E-state index >= 15 is 0 Å². The Kier molecular flexibility index (Phi) is 5.94. The van der Waals surface area contributed by atoms with Gasteiger partial charge in [-0.1, -0.05) is 41.9 Å². The lowest BCUT2D eigenvalue weighted by Gasteiger charge is -2.14. The molecule has 1 aromatic heterocycles. The highest BCUT2D eigenvalue weighted by Gasteiger charge is 2.15. The van der Waals surface area contributed by atoms with Crippen LogP contribution in [0.3, 0.4) is 0 Å². The molecule has 4 nitrogen and oxygen atoms in total. The number of aromatic nitrogens is 2. The Balaban J connectivity index is 2.13. The molecule has 0 spiro atoms. The first-order valence-electron chi connectivity index (χ1n) is 8.44. The van der Waals surface area contributed by atoms with Crippen LogP contribution in [0.2, 0.25) is 0 Å². The summed E-state index contributed by atoms with van der Waals surface area (Å²) in [5, 5.41) is 5.03. The molecule has 134 valence electrons. The van der Waals surface area contributed by atoms with E-state index in [0.717, 1.165) is 16.5 Å². The van der Waals surface area contributed by atoms with Crippen LogP contribution in [0.4, 0.5) is 0 Å². The average molecular weight is 430 g/mol. The lowest BCUT2D eigenvalue weighted by Crippen LogP contribution is -2.23. The van der Waals surface area contributed by atoms with E-state index in [4.69, 9.17) is 4.98 Å². The third-order valence-electron chi connectivity index (χ3n) is 4.32. The molecule has 0 aliphatic heterocycles. The minimum Gasteiger partial charge on any atom is -0.267 e. The standard InChI is InChI=1S/C20H20BrN3OS/c1-4-13(2)19-23-18-10-7-15(21)11-17(18)20(25)24(19)22-12-14-5-8-16(26-3)9-6-14/h5-13H,4H2,1-3H3/t13-/m0/s1. The normalized spacial score (nSPS) is 12.8. The van der Waals surface area contributed by atoms with Gasteiger partial charge >= 0.3 is 0 Å². The fourth-order valence-electron chi connectivity index (χ4n) is 2.59. The van der Waals surface area contributed by atoms with Crippen LogP contribution in [0.1, 0.15) is 37.6 Å². The van der Waals surface area contributed by atoms with Crippen molar-refractivity contribution in [1.82, 2.24) is 9.66 Å². The van der Waals surface area contributed by atoms with E-state index < -0.39 is 0 Å². The summed E-state index contributed by atoms with van der Waals surface area (Å²) in [5.74, 6) is 0.816. The van der Waals surface area contributed by atoms with Crippen LogP contribution in [-0.4, -0.2) is 22.1 Å². The predicted octanol–water partition coefficient (Wildman–Crippen LogP) is 5.28. The largest absolute Gasteiger partial charge is 0.282 e. The van der Waals surface area contributed by atoms with Crippen molar-refractivity contribution in [1.29, 1.82) is 0 Å². The van der Waals surface area contributed by atoms with Gasteiger partial charge in [0.15, 0.2) is 0 Å². The minimum absolute atomic E-state index is 0.131. The van der Waals surface area contributed by atoms with Crippen LogP contribution < -0.4 is 5.56 Å². The fraction of sp³-hybridized carbons (Fsp3) is 0.250. The second kappa shape index (κ2) is 8.18. The molecule has 0 unspecified atom stereocenters. The molecule has 1 atom stereocenters. The number of rotatable bonds is 5. The first kappa shape index (κ1) is 18.9. The number of fused-ring (bicyclic) bond motifs is 1. The molecule has 0 aliphatic carbocycles. The molecule has 0 saturated heterocycles. The zero-order chi connectivity index (χ0) is 18.7. The minimum atomic E-state index is -0.149. The second-order valence-electron chi connectivity index (χ2n) is 6.08. The number of hydrogen-bond donors (Lipinski definition) is 0. The quantitative estimate of drug-likeness (QED) is 0.409. The third-order valence-corrected chi connectivity index (χ3v) is 5.56. The summed E-state index contributed by atoms with van der Waals surface area (Å²) in [4.78, 5) is 18.9. The zero-order valence-corrected chi connectivity index (χ0v) is 17.3. The Morgan fingerprint density at radius 1 is 1.27 bits per heavy atom. The summed E-state index contributed by atoms with van der Waals surface area (Å²) in [6.45, 7) is 4.14. The van der Waals surface area contributed by atoms with Crippen LogP contribution in [0.15, 0.2) is 61.7 Å². The fourth-order valence-corrected chi connectivity index (χ4v) is 3.36. The number of thioether (sulfide) groups is 1. The molecule has 26 heavy (non-hydrogen) atoms. The molecule has 0 aliphatic rings. The van der Waals surface area contributed by atoms with Gasteiger partial charge in [0.1, 0.15) is 5.82 Å². The maximum absolute atomic E-state index is 13.0. The highest BCUT2D eigenvalue weighted by Crippen LogP contribution is 2.21. The van der Waals surface area contributed by atoms with Crippen molar-refractivity contribution in [2.45, 2.75) is 31.1 Å². The van der Waals surface area contributed by atoms with Gasteiger partial charge in [0.05, 0.1) is 17.1 Å². The topological polar surface area (TPSA) is 47.2 Å². The molecule has 0 N–H and O–H groups in total. The van der Waals surface area contributed by atoms with E-state index in [1.54, 1.807) is 24.0 Å². The summed E-state index contributed by atoms with van der Waals surface area (Å²) in [7, 11) is 0. The van der Waals surface area contributed by atoms with Crippen molar-refractivity contribution in [3.63, 3.8) is 0 Å². The van der Waals surface area contributed by atoms with Gasteiger partial charge in [-0.25, -0.2) is 4.98 Å². The van der Waals surface area contributed by atoms with Gasteiger partial charge in [-0.3, -0.25) is 4.79 Å². The lowest BCUT2D eigenvalue weighted by molar-refractivity contribution is 0.613. The molecule has 1 heterocycles. The van der Waals surface area contributed by atoms with Crippen LogP contribution in [0, 0.1) is 0 Å². The number of hydrogen-bond acceptors (Lipinski definition) is 4. The van der Waals surface area contributed by atoms with Gasteiger partial charge in [-0.15, -0.1) is 11.8 Å². The van der Waals surface area contributed by atoms with E-state index in [0.29, 0.717) is 16.7 Å². The molecule has 0 bridgehead atoms. The predicted molar refractivity (Wildman–Crippen MR) is 114 cm³/mol. The van der Waals surface area contributed by atoms with Crippen LogP contribution in [0.5, 0.6) is 0 Å². The van der Waals surface area contributed by atoms with Gasteiger partial charge in [0.2, 0.25) is 0 Å². The van der Waals surface area contributed by atoms with Crippen molar-refractivity contribution in [3.05, 3.63) is 68.7 Å². The van der Waals surface area contributed by atoms with Crippen molar-refractivity contribution in [2.24, 2.45) is 5.10 Å². The Bertz CT molecular complexity index is 1010. The highest BCUT2D eigenvalue weighted by molar-refractivity contribution is 9.10. The highest BCUT2D eigenvalue weighted by atomic mass is 79.9. The van der Waals surface area contributed by atoms with E-state index in [9.17, 15) is 4.79 Å². The Labute approximate surface area is 165 Å². The Morgan fingerprint density at radius 2 is 2.00 bits per heavy atom. The molecular weight excluding hydrogens is 410 g/mol. The summed E-state index contributed by atoms with van der Waals surface area (Å²) < 4.78 is 2.29. The molecular formula is C20H20BrN3OS. The Morgan fingerprint density at radius 3 is 2.65 bits per heavy atom. The maximum atomic E-state index is 13.0. The SMILES string of the molecule is CC[C@H](C)c1nc2ccc(Br)cc2c(=O)n1N=Cc1ccc(SC)cc1. The number of nitrogens with zero attached hydrogens (tertiary/aromatic N) is 3. The molecule has 0 saturated carbocycles. The molecule has 0 radical (unpaired) electrons. The van der Waals surface area contributed by atoms with Crippen molar-refractivity contribution < 1.29 is 0 Å². The van der Waals surface area contributed by atoms with E-state index in [-0.39, 0.29) is 11.5 Å². The van der Waals surface area contributed by atoms with Crippen LogP contribution >= 0.6 is 27.7 Å². The number of benzene rings is 2. The molecule has 0 amide bonds. The zero-order valence-electron chi connectivity index (χ0n) is 14.9. The van der Waals surface area contributed by atoms with Crippen molar-refractivity contribution in [2.75, 3.05) is 6.26 Å². The summed E-state index contributed by atoms with van der Waals surface area (Å²) in [5.41, 5.74) is 1.49. The maximum Gasteiger partial charge on any atom is 0.282 e. The molecule has 3 aromatic rings. The summed E-state index contributed by atoms with van der Waals surface area (Å²) >= 11 is 5.12. The van der Waals surface area contributed by atoms with Crippen molar-refractivity contribution in [3.8, 4) is 0 Å². The summed E-state index contributed by atoms with van der Waals surface area (Å²) in [6.07, 6.45) is 4.63. The van der Waals surface area contributed by atoms with Gasteiger partial charge in [0.25, 0.3) is 5.56 Å². The van der Waals surface area contributed by atoms with E-state index in [1.807, 2.05) is 42.7 Å². The van der Waals surface area contributed by atoms with E-state index in [2.05, 4.69) is 34.9 Å². The first-order valence-corrected chi connectivity index (χ1v) is 10.5. The smallest absolute Gasteiger partial charge is 0.267 e. The molecule has 0 fully saturated rings. The first-order chi connectivity index (χ1) is 12.5. The second-order valence-corrected chi connectivity index (χ2v) is 7.87. The monoisotopic (exact) mass is 429 g/mol. The van der Waals surface area contributed by atoms with Gasteiger partial charge < -0.3 is 0 Å². The van der Waals surface area contributed by atoms with E-state index in [1.165, 1.54) is 9.57 Å². The van der Waals surface area contributed by atoms with Gasteiger partial charge in [0, 0.05) is 15.3 Å². The van der Waals surface area contributed by atoms with Crippen LogP contribution in [-0.2, 0) is 0 Å². The van der Waals surface area contributed by atoms with Gasteiger partial charge in [-0.05, 0) is 48.6 Å². The summed E-state index contributed by atoms with van der Waals surface area (Å²) in [6, 6.07) is 13.6. The number of halogens is 1. The lowest BCUT2D eigenvalue weighted by atomic mass is 10.1. The third kappa shape index (κ3) is 3.91. The molecule has 2 aromatic carbocycles. The molecule has 3 rings (SSSR count). The Hall–Kier alpha value is -1.92. The van der Waals surface area contributed by atoms with Crippen molar-refractivity contribution >= 4 is 44.8 Å². The van der Waals surface area contributed by atoms with Crippen LogP contribution in [0.25, 0.3) is 10.9 Å².